The first kappa shape index (κ1) is 12.9. The van der Waals surface area contributed by atoms with Gasteiger partial charge in [0.25, 0.3) is 10.2 Å². The van der Waals surface area contributed by atoms with Gasteiger partial charge in [-0.2, -0.15) is 13.1 Å². The van der Waals surface area contributed by atoms with Gasteiger partial charge in [-0.15, -0.1) is 0 Å². The summed E-state index contributed by atoms with van der Waals surface area (Å²) >= 11 is 0. The average molecular weight is 281 g/mol. The van der Waals surface area contributed by atoms with Gasteiger partial charge in [-0.05, 0) is 43.4 Å². The first-order chi connectivity index (χ1) is 9.11. The van der Waals surface area contributed by atoms with Crippen molar-refractivity contribution < 1.29 is 8.42 Å². The quantitative estimate of drug-likeness (QED) is 0.706. The molecule has 0 aromatic heterocycles. The maximum atomic E-state index is 11.8. The van der Waals surface area contributed by atoms with Crippen molar-refractivity contribution in [1.29, 1.82) is 0 Å². The molecule has 0 atom stereocenters. The molecule has 2 saturated carbocycles. The largest absolute Gasteiger partial charge is 0.310 e. The average Bonchev–Trinajstić information content (AvgIpc) is 3.21. The zero-order valence-electron chi connectivity index (χ0n) is 10.7. The van der Waals surface area contributed by atoms with Crippen LogP contribution in [0.25, 0.3) is 0 Å². The molecule has 1 aromatic carbocycles. The van der Waals surface area contributed by atoms with Crippen LogP contribution >= 0.6 is 0 Å². The van der Waals surface area contributed by atoms with Gasteiger partial charge in [0.2, 0.25) is 0 Å². The Balaban J connectivity index is 1.60. The van der Waals surface area contributed by atoms with Crippen LogP contribution in [-0.2, 0) is 16.8 Å². The maximum absolute atomic E-state index is 11.8. The Morgan fingerprint density at radius 2 is 1.84 bits per heavy atom. The van der Waals surface area contributed by atoms with Crippen molar-refractivity contribution in [1.82, 2.24) is 10.0 Å². The molecule has 3 N–H and O–H groups in total. The van der Waals surface area contributed by atoms with Crippen LogP contribution in [0.15, 0.2) is 24.3 Å². The third-order valence-electron chi connectivity index (χ3n) is 3.25. The van der Waals surface area contributed by atoms with Crippen molar-refractivity contribution in [3.8, 4) is 0 Å². The molecule has 3 rings (SSSR count). The van der Waals surface area contributed by atoms with Crippen molar-refractivity contribution in [2.24, 2.45) is 0 Å². The summed E-state index contributed by atoms with van der Waals surface area (Å²) in [4.78, 5) is 0. The number of nitrogens with one attached hydrogen (secondary N) is 3. The molecular weight excluding hydrogens is 262 g/mol. The fourth-order valence-corrected chi connectivity index (χ4v) is 3.07. The molecule has 0 saturated heterocycles. The van der Waals surface area contributed by atoms with Gasteiger partial charge in [0.05, 0.1) is 5.69 Å². The number of hydrogen-bond acceptors (Lipinski definition) is 3. The predicted octanol–water partition coefficient (Wildman–Crippen LogP) is 1.35. The van der Waals surface area contributed by atoms with Gasteiger partial charge in [0, 0.05) is 18.6 Å². The molecule has 0 aliphatic heterocycles. The molecule has 0 unspecified atom stereocenters. The highest BCUT2D eigenvalue weighted by Gasteiger charge is 2.26. The first-order valence-corrected chi connectivity index (χ1v) is 8.21. The predicted molar refractivity (Wildman–Crippen MR) is 75.0 cm³/mol. The van der Waals surface area contributed by atoms with E-state index in [9.17, 15) is 8.42 Å². The lowest BCUT2D eigenvalue weighted by atomic mass is 10.2. The van der Waals surface area contributed by atoms with E-state index in [1.807, 2.05) is 18.2 Å². The molecule has 0 amide bonds. The summed E-state index contributed by atoms with van der Waals surface area (Å²) in [5.41, 5.74) is 1.71. The highest BCUT2D eigenvalue weighted by molar-refractivity contribution is 7.90. The molecule has 1 aromatic rings. The fraction of sp³-hybridized carbons (Fsp3) is 0.538. The molecule has 6 heteroatoms. The minimum atomic E-state index is -3.43. The van der Waals surface area contributed by atoms with Crippen LogP contribution in [0.2, 0.25) is 0 Å². The Morgan fingerprint density at radius 3 is 2.53 bits per heavy atom. The van der Waals surface area contributed by atoms with E-state index in [0.29, 0.717) is 11.7 Å². The normalized spacial score (nSPS) is 19.4. The summed E-state index contributed by atoms with van der Waals surface area (Å²) in [5.74, 6) is 0. The molecule has 0 spiro atoms. The Morgan fingerprint density at radius 1 is 1.11 bits per heavy atom. The molecule has 0 bridgehead atoms. The number of hydrogen-bond donors (Lipinski definition) is 3. The Hall–Kier alpha value is -1.11. The zero-order chi connectivity index (χ0) is 13.3. The number of benzene rings is 1. The van der Waals surface area contributed by atoms with E-state index >= 15 is 0 Å². The Kier molecular flexibility index (Phi) is 3.47. The van der Waals surface area contributed by atoms with Crippen molar-refractivity contribution in [2.45, 2.75) is 44.3 Å². The highest BCUT2D eigenvalue weighted by atomic mass is 32.2. The van der Waals surface area contributed by atoms with Crippen molar-refractivity contribution in [3.05, 3.63) is 29.8 Å². The minimum Gasteiger partial charge on any atom is -0.310 e. The monoisotopic (exact) mass is 281 g/mol. The number of anilines is 1. The molecule has 104 valence electrons. The van der Waals surface area contributed by atoms with Gasteiger partial charge in [-0.3, -0.25) is 4.72 Å². The summed E-state index contributed by atoms with van der Waals surface area (Å²) in [5, 5.41) is 3.41. The molecular formula is C13H19N3O2S. The van der Waals surface area contributed by atoms with Crippen molar-refractivity contribution in [3.63, 3.8) is 0 Å². The van der Waals surface area contributed by atoms with E-state index in [1.165, 1.54) is 12.8 Å². The van der Waals surface area contributed by atoms with Gasteiger partial charge in [0.1, 0.15) is 0 Å². The van der Waals surface area contributed by atoms with Gasteiger partial charge >= 0.3 is 0 Å². The molecule has 5 nitrogen and oxygen atoms in total. The summed E-state index contributed by atoms with van der Waals surface area (Å²) in [6, 6.07) is 8.29. The van der Waals surface area contributed by atoms with Crippen LogP contribution < -0.4 is 14.8 Å². The zero-order valence-corrected chi connectivity index (χ0v) is 11.5. The van der Waals surface area contributed by atoms with Gasteiger partial charge in [-0.25, -0.2) is 0 Å². The first-order valence-electron chi connectivity index (χ1n) is 6.73. The van der Waals surface area contributed by atoms with Gasteiger partial charge < -0.3 is 5.32 Å². The molecule has 0 heterocycles. The SMILES string of the molecule is O=S(=O)(Nc1cccc(CNC2CC2)c1)NC1CC1. The summed E-state index contributed by atoms with van der Waals surface area (Å²) < 4.78 is 28.8. The van der Waals surface area contributed by atoms with Gasteiger partial charge in [0.15, 0.2) is 0 Å². The van der Waals surface area contributed by atoms with Crippen LogP contribution in [0.3, 0.4) is 0 Å². The van der Waals surface area contributed by atoms with Crippen LogP contribution in [0.5, 0.6) is 0 Å². The summed E-state index contributed by atoms with van der Waals surface area (Å²) in [6.45, 7) is 0.788. The third-order valence-corrected chi connectivity index (χ3v) is 4.40. The molecule has 0 radical (unpaired) electrons. The van der Waals surface area contributed by atoms with E-state index in [4.69, 9.17) is 0 Å². The lowest BCUT2D eigenvalue weighted by Gasteiger charge is -2.10. The smallest absolute Gasteiger partial charge is 0.299 e. The van der Waals surface area contributed by atoms with Crippen molar-refractivity contribution in [2.75, 3.05) is 4.72 Å². The summed E-state index contributed by atoms with van der Waals surface area (Å²) in [7, 11) is -3.43. The second-order valence-electron chi connectivity index (χ2n) is 5.35. The van der Waals surface area contributed by atoms with E-state index < -0.39 is 10.2 Å². The minimum absolute atomic E-state index is 0.122. The van der Waals surface area contributed by atoms with Crippen LogP contribution in [0, 0.1) is 0 Å². The lowest BCUT2D eigenvalue weighted by molar-refractivity contribution is 0.586. The lowest BCUT2D eigenvalue weighted by Crippen LogP contribution is -2.31. The van der Waals surface area contributed by atoms with E-state index in [2.05, 4.69) is 14.8 Å². The van der Waals surface area contributed by atoms with Crippen LogP contribution in [0.4, 0.5) is 5.69 Å². The second kappa shape index (κ2) is 5.11. The van der Waals surface area contributed by atoms with E-state index in [-0.39, 0.29) is 6.04 Å². The Labute approximate surface area is 114 Å². The fourth-order valence-electron chi connectivity index (χ4n) is 1.90. The van der Waals surface area contributed by atoms with Crippen molar-refractivity contribution >= 4 is 15.9 Å². The molecule has 19 heavy (non-hydrogen) atoms. The van der Waals surface area contributed by atoms with Gasteiger partial charge in [-0.1, -0.05) is 12.1 Å². The molecule has 2 fully saturated rings. The second-order valence-corrected chi connectivity index (χ2v) is 6.80. The molecule has 2 aliphatic rings. The standard InChI is InChI=1S/C13H19N3O2S/c17-19(18,15-12-6-7-12)16-13-3-1-2-10(8-13)9-14-11-4-5-11/h1-3,8,11-12,14-16H,4-7,9H2. The maximum Gasteiger partial charge on any atom is 0.299 e. The molecule has 2 aliphatic carbocycles. The number of rotatable bonds is 7. The topological polar surface area (TPSA) is 70.2 Å². The van der Waals surface area contributed by atoms with E-state index in [1.54, 1.807) is 6.07 Å². The Bertz CT molecular complexity index is 551. The van der Waals surface area contributed by atoms with Crippen LogP contribution in [-0.4, -0.2) is 20.5 Å². The van der Waals surface area contributed by atoms with Crippen LogP contribution in [0.1, 0.15) is 31.2 Å². The van der Waals surface area contributed by atoms with E-state index in [0.717, 1.165) is 24.9 Å². The summed E-state index contributed by atoms with van der Waals surface area (Å²) in [6.07, 6.45) is 4.37. The third kappa shape index (κ3) is 4.19. The highest BCUT2D eigenvalue weighted by Crippen LogP contribution is 2.21.